The highest BCUT2D eigenvalue weighted by Crippen LogP contribution is 2.40. The Balaban J connectivity index is 1.57. The van der Waals surface area contributed by atoms with Crippen LogP contribution in [-0.2, 0) is 4.79 Å². The first-order chi connectivity index (χ1) is 13.0. The standard InChI is InChI=1S/C22H23FN2O2/c1-24-12-5-10-22(21(24)27)11-13-25(15-22)20(26)17-7-4-6-16(14-17)18-8-2-3-9-19(18)23/h2-4,6-9,14H,5,10-13,15H2,1H3/t22-/m1/s1. The second-order valence-corrected chi connectivity index (χ2v) is 7.65. The van der Waals surface area contributed by atoms with Gasteiger partial charge in [0, 0.05) is 37.8 Å². The van der Waals surface area contributed by atoms with Gasteiger partial charge in [0.25, 0.3) is 5.91 Å². The van der Waals surface area contributed by atoms with Gasteiger partial charge >= 0.3 is 0 Å². The van der Waals surface area contributed by atoms with Crippen molar-refractivity contribution < 1.29 is 14.0 Å². The monoisotopic (exact) mass is 366 g/mol. The van der Waals surface area contributed by atoms with Crippen LogP contribution in [0.5, 0.6) is 0 Å². The summed E-state index contributed by atoms with van der Waals surface area (Å²) in [5.41, 5.74) is 1.27. The van der Waals surface area contributed by atoms with Gasteiger partial charge in [0.2, 0.25) is 5.91 Å². The third-order valence-electron chi connectivity index (χ3n) is 5.88. The molecule has 1 spiro atoms. The molecular weight excluding hydrogens is 343 g/mol. The molecule has 1 atom stereocenters. The van der Waals surface area contributed by atoms with Crippen molar-refractivity contribution in [3.05, 3.63) is 59.9 Å². The molecule has 2 aromatic carbocycles. The lowest BCUT2D eigenvalue weighted by molar-refractivity contribution is -0.143. The number of carbonyl (C=O) groups excluding carboxylic acids is 2. The number of hydrogen-bond donors (Lipinski definition) is 0. The largest absolute Gasteiger partial charge is 0.345 e. The molecule has 2 aliphatic rings. The van der Waals surface area contributed by atoms with Crippen LogP contribution in [-0.4, -0.2) is 48.3 Å². The van der Waals surface area contributed by atoms with Crippen LogP contribution in [0.2, 0.25) is 0 Å². The first-order valence-electron chi connectivity index (χ1n) is 9.40. The molecule has 2 saturated heterocycles. The molecule has 4 nitrogen and oxygen atoms in total. The predicted octanol–water partition coefficient (Wildman–Crippen LogP) is 3.58. The van der Waals surface area contributed by atoms with Crippen LogP contribution >= 0.6 is 0 Å². The summed E-state index contributed by atoms with van der Waals surface area (Å²) < 4.78 is 14.1. The van der Waals surface area contributed by atoms with E-state index in [2.05, 4.69) is 0 Å². The van der Waals surface area contributed by atoms with Crippen LogP contribution in [0.3, 0.4) is 0 Å². The molecule has 0 saturated carbocycles. The van der Waals surface area contributed by atoms with E-state index >= 15 is 0 Å². The zero-order chi connectivity index (χ0) is 19.0. The molecule has 0 aliphatic carbocycles. The van der Waals surface area contributed by atoms with E-state index in [1.165, 1.54) is 6.07 Å². The third kappa shape index (κ3) is 3.11. The first-order valence-corrected chi connectivity index (χ1v) is 9.40. The zero-order valence-electron chi connectivity index (χ0n) is 15.5. The van der Waals surface area contributed by atoms with Crippen LogP contribution in [0.4, 0.5) is 4.39 Å². The van der Waals surface area contributed by atoms with Crippen molar-refractivity contribution >= 4 is 11.8 Å². The van der Waals surface area contributed by atoms with Crippen molar-refractivity contribution in [3.63, 3.8) is 0 Å². The van der Waals surface area contributed by atoms with E-state index in [0.29, 0.717) is 29.8 Å². The molecule has 4 rings (SSSR count). The summed E-state index contributed by atoms with van der Waals surface area (Å²) in [6, 6.07) is 13.6. The zero-order valence-corrected chi connectivity index (χ0v) is 15.5. The van der Waals surface area contributed by atoms with E-state index in [1.807, 2.05) is 7.05 Å². The lowest BCUT2D eigenvalue weighted by atomic mass is 9.78. The minimum absolute atomic E-state index is 0.0916. The number of benzene rings is 2. The number of likely N-dealkylation sites (tertiary alicyclic amines) is 2. The van der Waals surface area contributed by atoms with Gasteiger partial charge in [0.15, 0.2) is 0 Å². The summed E-state index contributed by atoms with van der Waals surface area (Å²) in [6.07, 6.45) is 2.54. The Bertz CT molecular complexity index is 897. The topological polar surface area (TPSA) is 40.6 Å². The number of halogens is 1. The predicted molar refractivity (Wildman–Crippen MR) is 102 cm³/mol. The van der Waals surface area contributed by atoms with Gasteiger partial charge in [-0.2, -0.15) is 0 Å². The average Bonchev–Trinajstić information content (AvgIpc) is 3.11. The van der Waals surface area contributed by atoms with Gasteiger partial charge in [0.05, 0.1) is 5.41 Å². The minimum atomic E-state index is -0.425. The molecule has 2 aliphatic heterocycles. The summed E-state index contributed by atoms with van der Waals surface area (Å²) in [7, 11) is 1.84. The van der Waals surface area contributed by atoms with Crippen LogP contribution < -0.4 is 0 Å². The molecule has 0 N–H and O–H groups in total. The van der Waals surface area contributed by atoms with E-state index < -0.39 is 5.41 Å². The van der Waals surface area contributed by atoms with Crippen LogP contribution in [0.1, 0.15) is 29.6 Å². The summed E-state index contributed by atoms with van der Waals surface area (Å²) in [6.45, 7) is 1.85. The maximum absolute atomic E-state index is 14.1. The third-order valence-corrected chi connectivity index (χ3v) is 5.88. The number of rotatable bonds is 2. The molecule has 0 unspecified atom stereocenters. The molecule has 2 fully saturated rings. The lowest BCUT2D eigenvalue weighted by Crippen LogP contribution is -2.48. The van der Waals surface area contributed by atoms with Crippen LogP contribution in [0.25, 0.3) is 11.1 Å². The maximum Gasteiger partial charge on any atom is 0.253 e. The van der Waals surface area contributed by atoms with Crippen LogP contribution in [0, 0.1) is 11.2 Å². The number of piperidine rings is 1. The molecule has 5 heteroatoms. The van der Waals surface area contributed by atoms with Crippen molar-refractivity contribution in [2.24, 2.45) is 5.41 Å². The fourth-order valence-corrected chi connectivity index (χ4v) is 4.39. The summed E-state index contributed by atoms with van der Waals surface area (Å²) in [5, 5.41) is 0. The smallest absolute Gasteiger partial charge is 0.253 e. The van der Waals surface area contributed by atoms with E-state index in [1.54, 1.807) is 52.3 Å². The average molecular weight is 366 g/mol. The Morgan fingerprint density at radius 1 is 1.07 bits per heavy atom. The summed E-state index contributed by atoms with van der Waals surface area (Å²) in [4.78, 5) is 29.3. The van der Waals surface area contributed by atoms with Crippen LogP contribution in [0.15, 0.2) is 48.5 Å². The summed E-state index contributed by atoms with van der Waals surface area (Å²) in [5.74, 6) is -0.242. The molecule has 2 aromatic rings. The highest BCUT2D eigenvalue weighted by molar-refractivity contribution is 5.96. The SMILES string of the molecule is CN1CCC[C@]2(CCN(C(=O)c3cccc(-c4ccccc4F)c3)C2)C1=O. The highest BCUT2D eigenvalue weighted by Gasteiger charge is 2.48. The van der Waals surface area contributed by atoms with Gasteiger partial charge in [-0.3, -0.25) is 9.59 Å². The van der Waals surface area contributed by atoms with E-state index in [-0.39, 0.29) is 17.6 Å². The van der Waals surface area contributed by atoms with Crippen molar-refractivity contribution in [2.75, 3.05) is 26.7 Å². The van der Waals surface area contributed by atoms with Crippen molar-refractivity contribution in [1.29, 1.82) is 0 Å². The van der Waals surface area contributed by atoms with Gasteiger partial charge in [-0.25, -0.2) is 4.39 Å². The number of carbonyl (C=O) groups is 2. The molecule has 27 heavy (non-hydrogen) atoms. The second-order valence-electron chi connectivity index (χ2n) is 7.65. The quantitative estimate of drug-likeness (QED) is 0.815. The van der Waals surface area contributed by atoms with E-state index in [4.69, 9.17) is 0 Å². The Morgan fingerprint density at radius 3 is 2.70 bits per heavy atom. The van der Waals surface area contributed by atoms with E-state index in [0.717, 1.165) is 25.8 Å². The Hall–Kier alpha value is -2.69. The first kappa shape index (κ1) is 17.7. The Morgan fingerprint density at radius 2 is 1.89 bits per heavy atom. The normalized spacial score (nSPS) is 22.5. The van der Waals surface area contributed by atoms with Crippen molar-refractivity contribution in [1.82, 2.24) is 9.80 Å². The molecule has 140 valence electrons. The summed E-state index contributed by atoms with van der Waals surface area (Å²) >= 11 is 0. The van der Waals surface area contributed by atoms with Gasteiger partial charge in [-0.05, 0) is 43.0 Å². The molecule has 2 heterocycles. The second kappa shape index (κ2) is 6.80. The number of nitrogens with zero attached hydrogens (tertiary/aromatic N) is 2. The minimum Gasteiger partial charge on any atom is -0.345 e. The molecule has 0 radical (unpaired) electrons. The van der Waals surface area contributed by atoms with Gasteiger partial charge in [-0.1, -0.05) is 30.3 Å². The van der Waals surface area contributed by atoms with E-state index in [9.17, 15) is 14.0 Å². The number of hydrogen-bond acceptors (Lipinski definition) is 2. The fraction of sp³-hybridized carbons (Fsp3) is 0.364. The molecule has 0 aromatic heterocycles. The fourth-order valence-electron chi connectivity index (χ4n) is 4.39. The Labute approximate surface area is 158 Å². The molecular formula is C22H23FN2O2. The maximum atomic E-state index is 14.1. The highest BCUT2D eigenvalue weighted by atomic mass is 19.1. The molecule has 0 bridgehead atoms. The van der Waals surface area contributed by atoms with Crippen molar-refractivity contribution in [3.8, 4) is 11.1 Å². The van der Waals surface area contributed by atoms with Crippen molar-refractivity contribution in [2.45, 2.75) is 19.3 Å². The Kier molecular flexibility index (Phi) is 4.46. The van der Waals surface area contributed by atoms with Gasteiger partial charge in [0.1, 0.15) is 5.82 Å². The van der Waals surface area contributed by atoms with Gasteiger partial charge in [-0.15, -0.1) is 0 Å². The lowest BCUT2D eigenvalue weighted by Gasteiger charge is -2.37. The number of amides is 2. The molecule has 2 amide bonds. The van der Waals surface area contributed by atoms with Gasteiger partial charge < -0.3 is 9.80 Å².